The molecule has 6 nitrogen and oxygen atoms in total. The summed E-state index contributed by atoms with van der Waals surface area (Å²) in [5, 5.41) is 2.89. The average Bonchev–Trinajstić information content (AvgIpc) is 2.49. The molecule has 0 radical (unpaired) electrons. The average molecular weight is 320 g/mol. The Kier molecular flexibility index (Phi) is 8.21. The molecule has 0 unspecified atom stereocenters. The Morgan fingerprint density at radius 1 is 1.29 bits per heavy atom. The zero-order valence-electron chi connectivity index (χ0n) is 13.1. The zero-order valence-corrected chi connectivity index (χ0v) is 14.0. The van der Waals surface area contributed by atoms with Gasteiger partial charge in [0.25, 0.3) is 0 Å². The summed E-state index contributed by atoms with van der Waals surface area (Å²) in [4.78, 5) is 12.0. The normalized spacial score (nSPS) is 17.8. The van der Waals surface area contributed by atoms with Crippen molar-refractivity contribution in [3.8, 4) is 0 Å². The van der Waals surface area contributed by atoms with Crippen LogP contribution in [0.15, 0.2) is 0 Å². The lowest BCUT2D eigenvalue weighted by molar-refractivity contribution is -0.126. The first-order valence-electron chi connectivity index (χ1n) is 7.75. The minimum atomic E-state index is -3.13. The predicted octanol–water partition coefficient (Wildman–Crippen LogP) is 0.981. The molecule has 21 heavy (non-hydrogen) atoms. The van der Waals surface area contributed by atoms with Crippen molar-refractivity contribution < 1.29 is 17.9 Å². The van der Waals surface area contributed by atoms with Crippen LogP contribution in [0.1, 0.15) is 39.0 Å². The van der Waals surface area contributed by atoms with Gasteiger partial charge >= 0.3 is 0 Å². The summed E-state index contributed by atoms with van der Waals surface area (Å²) in [6, 6.07) is 0. The van der Waals surface area contributed by atoms with E-state index >= 15 is 0 Å². The number of hydrogen-bond donors (Lipinski definition) is 1. The van der Waals surface area contributed by atoms with Gasteiger partial charge in [0.05, 0.1) is 5.75 Å². The van der Waals surface area contributed by atoms with Gasteiger partial charge in [-0.1, -0.05) is 13.3 Å². The van der Waals surface area contributed by atoms with Gasteiger partial charge in [0.1, 0.15) is 0 Å². The number of ether oxygens (including phenoxy) is 1. The van der Waals surface area contributed by atoms with Gasteiger partial charge in [-0.05, 0) is 25.7 Å². The molecule has 0 atom stereocenters. The van der Waals surface area contributed by atoms with Gasteiger partial charge in [-0.25, -0.2) is 12.7 Å². The fourth-order valence-electron chi connectivity index (χ4n) is 2.42. The standard InChI is InChI=1S/C14H28N2O4S/c1-3-4-12-21(18,19)16-9-6-13(7-10-16)14(17)15-8-5-11-20-2/h13H,3-12H2,1-2H3,(H,15,17). The van der Waals surface area contributed by atoms with E-state index in [0.717, 1.165) is 12.8 Å². The maximum absolute atomic E-state index is 12.1. The van der Waals surface area contributed by atoms with Crippen LogP contribution < -0.4 is 5.32 Å². The van der Waals surface area contributed by atoms with Gasteiger partial charge in [0.15, 0.2) is 0 Å². The van der Waals surface area contributed by atoms with E-state index in [2.05, 4.69) is 5.32 Å². The molecular weight excluding hydrogens is 292 g/mol. The molecule has 0 aliphatic carbocycles. The van der Waals surface area contributed by atoms with Crippen LogP contribution in [0.2, 0.25) is 0 Å². The van der Waals surface area contributed by atoms with Crippen molar-refractivity contribution in [1.29, 1.82) is 0 Å². The van der Waals surface area contributed by atoms with Crippen molar-refractivity contribution in [3.63, 3.8) is 0 Å². The van der Waals surface area contributed by atoms with E-state index < -0.39 is 10.0 Å². The number of nitrogens with zero attached hydrogens (tertiary/aromatic N) is 1. The number of carbonyl (C=O) groups is 1. The van der Waals surface area contributed by atoms with E-state index in [-0.39, 0.29) is 17.6 Å². The van der Waals surface area contributed by atoms with Crippen LogP contribution in [-0.4, -0.2) is 57.7 Å². The Balaban J connectivity index is 2.32. The smallest absolute Gasteiger partial charge is 0.223 e. The van der Waals surface area contributed by atoms with Gasteiger partial charge in [0, 0.05) is 39.3 Å². The minimum Gasteiger partial charge on any atom is -0.385 e. The molecule has 0 bridgehead atoms. The fraction of sp³-hybridized carbons (Fsp3) is 0.929. The van der Waals surface area contributed by atoms with Crippen molar-refractivity contribution >= 4 is 15.9 Å². The highest BCUT2D eigenvalue weighted by molar-refractivity contribution is 7.89. The van der Waals surface area contributed by atoms with Gasteiger partial charge in [-0.3, -0.25) is 4.79 Å². The minimum absolute atomic E-state index is 0.0386. The molecule has 1 saturated heterocycles. The van der Waals surface area contributed by atoms with Crippen LogP contribution >= 0.6 is 0 Å². The van der Waals surface area contributed by atoms with Crippen molar-refractivity contribution in [2.75, 3.05) is 39.1 Å². The summed E-state index contributed by atoms with van der Waals surface area (Å²) in [5.41, 5.74) is 0. The van der Waals surface area contributed by atoms with Gasteiger partial charge in [-0.15, -0.1) is 0 Å². The van der Waals surface area contributed by atoms with E-state index in [1.807, 2.05) is 6.92 Å². The van der Waals surface area contributed by atoms with Crippen LogP contribution in [0, 0.1) is 5.92 Å². The van der Waals surface area contributed by atoms with E-state index in [9.17, 15) is 13.2 Å². The molecule has 0 aromatic heterocycles. The lowest BCUT2D eigenvalue weighted by Gasteiger charge is -2.30. The molecule has 1 heterocycles. The van der Waals surface area contributed by atoms with E-state index in [0.29, 0.717) is 45.5 Å². The third-order valence-corrected chi connectivity index (χ3v) is 5.75. The van der Waals surface area contributed by atoms with Gasteiger partial charge < -0.3 is 10.1 Å². The Morgan fingerprint density at radius 2 is 1.95 bits per heavy atom. The Morgan fingerprint density at radius 3 is 2.52 bits per heavy atom. The molecule has 0 aromatic carbocycles. The number of carbonyl (C=O) groups excluding carboxylic acids is 1. The third kappa shape index (κ3) is 6.32. The topological polar surface area (TPSA) is 75.7 Å². The van der Waals surface area contributed by atoms with E-state index in [4.69, 9.17) is 4.74 Å². The zero-order chi connectivity index (χ0) is 15.7. The lowest BCUT2D eigenvalue weighted by atomic mass is 9.97. The number of nitrogens with one attached hydrogen (secondary N) is 1. The summed E-state index contributed by atoms with van der Waals surface area (Å²) < 4.78 is 30.6. The van der Waals surface area contributed by atoms with Crippen LogP contribution in [0.4, 0.5) is 0 Å². The summed E-state index contributed by atoms with van der Waals surface area (Å²) in [6.45, 7) is 4.15. The summed E-state index contributed by atoms with van der Waals surface area (Å²) in [7, 11) is -1.50. The van der Waals surface area contributed by atoms with Crippen molar-refractivity contribution in [1.82, 2.24) is 9.62 Å². The molecule has 124 valence electrons. The summed E-state index contributed by atoms with van der Waals surface area (Å²) >= 11 is 0. The molecule has 7 heteroatoms. The highest BCUT2D eigenvalue weighted by atomic mass is 32.2. The van der Waals surface area contributed by atoms with Gasteiger partial charge in [0.2, 0.25) is 15.9 Å². The second-order valence-corrected chi connectivity index (χ2v) is 7.57. The van der Waals surface area contributed by atoms with Gasteiger partial charge in [-0.2, -0.15) is 0 Å². The van der Waals surface area contributed by atoms with Crippen LogP contribution in [0.3, 0.4) is 0 Å². The maximum atomic E-state index is 12.1. The van der Waals surface area contributed by atoms with Crippen LogP contribution in [-0.2, 0) is 19.6 Å². The third-order valence-electron chi connectivity index (χ3n) is 3.80. The fourth-order valence-corrected chi connectivity index (χ4v) is 4.10. The molecule has 1 amide bonds. The molecule has 1 rings (SSSR count). The van der Waals surface area contributed by atoms with E-state index in [1.54, 1.807) is 7.11 Å². The molecule has 1 fully saturated rings. The molecule has 0 spiro atoms. The molecule has 0 aromatic rings. The highest BCUT2D eigenvalue weighted by Crippen LogP contribution is 2.20. The summed E-state index contributed by atoms with van der Waals surface area (Å²) in [6.07, 6.45) is 3.59. The molecule has 1 aliphatic rings. The number of hydrogen-bond acceptors (Lipinski definition) is 4. The summed E-state index contributed by atoms with van der Waals surface area (Å²) in [5.74, 6) is 0.194. The van der Waals surface area contributed by atoms with Crippen molar-refractivity contribution in [3.05, 3.63) is 0 Å². The number of sulfonamides is 1. The predicted molar refractivity (Wildman–Crippen MR) is 82.5 cm³/mol. The Labute approximate surface area is 128 Å². The quantitative estimate of drug-likeness (QED) is 0.643. The van der Waals surface area contributed by atoms with Crippen molar-refractivity contribution in [2.24, 2.45) is 5.92 Å². The first-order valence-corrected chi connectivity index (χ1v) is 9.36. The maximum Gasteiger partial charge on any atom is 0.223 e. The Hall–Kier alpha value is -0.660. The number of rotatable bonds is 9. The first kappa shape index (κ1) is 18.4. The highest BCUT2D eigenvalue weighted by Gasteiger charge is 2.30. The largest absolute Gasteiger partial charge is 0.385 e. The van der Waals surface area contributed by atoms with Crippen LogP contribution in [0.5, 0.6) is 0 Å². The SMILES string of the molecule is CCCCS(=O)(=O)N1CCC(C(=O)NCCCOC)CC1. The molecule has 0 saturated carbocycles. The monoisotopic (exact) mass is 320 g/mol. The number of amides is 1. The molecular formula is C14H28N2O4S. The first-order chi connectivity index (χ1) is 10.0. The lowest BCUT2D eigenvalue weighted by Crippen LogP contribution is -2.43. The number of unbranched alkanes of at least 4 members (excludes halogenated alkanes) is 1. The second-order valence-electron chi connectivity index (χ2n) is 5.48. The number of piperidine rings is 1. The molecule has 1 N–H and O–H groups in total. The van der Waals surface area contributed by atoms with Crippen molar-refractivity contribution in [2.45, 2.75) is 39.0 Å². The second kappa shape index (κ2) is 9.38. The van der Waals surface area contributed by atoms with E-state index in [1.165, 1.54) is 4.31 Å². The Bertz CT molecular complexity index is 403. The molecule has 1 aliphatic heterocycles. The number of methoxy groups -OCH3 is 1. The van der Waals surface area contributed by atoms with Crippen LogP contribution in [0.25, 0.3) is 0 Å².